The third-order valence-corrected chi connectivity index (χ3v) is 4.36. The number of hydrogen-bond donors (Lipinski definition) is 1. The summed E-state index contributed by atoms with van der Waals surface area (Å²) in [4.78, 5) is 0. The Morgan fingerprint density at radius 2 is 1.05 bits per heavy atom. The normalized spacial score (nSPS) is 13.1. The van der Waals surface area contributed by atoms with Crippen LogP contribution < -0.4 is 0 Å². The fourth-order valence-electron chi connectivity index (χ4n) is 2.64. The molecule has 0 aromatic heterocycles. The van der Waals surface area contributed by atoms with Crippen LogP contribution >= 0.6 is 0 Å². The predicted molar refractivity (Wildman–Crippen MR) is 89.3 cm³/mol. The molecule has 0 aliphatic carbocycles. The van der Waals surface area contributed by atoms with E-state index in [9.17, 15) is 5.21 Å². The Morgan fingerprint density at radius 3 is 1.40 bits per heavy atom. The van der Waals surface area contributed by atoms with E-state index in [1.807, 2.05) is 0 Å². The molecule has 0 heterocycles. The van der Waals surface area contributed by atoms with E-state index in [1.165, 1.54) is 88.5 Å². The van der Waals surface area contributed by atoms with Crippen molar-refractivity contribution in [1.82, 2.24) is 5.06 Å². The van der Waals surface area contributed by atoms with Crippen LogP contribution in [0.4, 0.5) is 0 Å². The van der Waals surface area contributed by atoms with Crippen molar-refractivity contribution in [2.24, 2.45) is 0 Å². The number of nitrogens with zero attached hydrogens (tertiary/aromatic N) is 1. The summed E-state index contributed by atoms with van der Waals surface area (Å²) in [5.41, 5.74) is 0. The van der Waals surface area contributed by atoms with Gasteiger partial charge in [0.15, 0.2) is 0 Å². The summed E-state index contributed by atoms with van der Waals surface area (Å²) in [5, 5.41) is 10.6. The standard InChI is InChI=1S/C18H39NO/c1-4-5-6-7-8-9-10-11-12-13-14-15-16-17-18(2)19(3)20/h18,20H,4-17H2,1-3H3. The van der Waals surface area contributed by atoms with Gasteiger partial charge in [-0.3, -0.25) is 0 Å². The predicted octanol–water partition coefficient (Wildman–Crippen LogP) is 6.18. The highest BCUT2D eigenvalue weighted by molar-refractivity contribution is 4.56. The molecule has 0 fully saturated rings. The topological polar surface area (TPSA) is 23.5 Å². The molecule has 0 rings (SSSR count). The second-order valence-electron chi connectivity index (χ2n) is 6.45. The van der Waals surface area contributed by atoms with Crippen molar-refractivity contribution in [2.45, 2.75) is 110 Å². The smallest absolute Gasteiger partial charge is 0.0318 e. The Hall–Kier alpha value is -0.0800. The summed E-state index contributed by atoms with van der Waals surface area (Å²) in [7, 11) is 1.74. The molecule has 2 nitrogen and oxygen atoms in total. The number of hydroxylamine groups is 2. The molecule has 0 radical (unpaired) electrons. The van der Waals surface area contributed by atoms with Gasteiger partial charge in [-0.15, -0.1) is 0 Å². The van der Waals surface area contributed by atoms with E-state index >= 15 is 0 Å². The summed E-state index contributed by atoms with van der Waals surface area (Å²) in [6.07, 6.45) is 19.3. The fraction of sp³-hybridized carbons (Fsp3) is 1.00. The van der Waals surface area contributed by atoms with Gasteiger partial charge in [0.05, 0.1) is 0 Å². The summed E-state index contributed by atoms with van der Waals surface area (Å²) >= 11 is 0. The second-order valence-corrected chi connectivity index (χ2v) is 6.45. The van der Waals surface area contributed by atoms with Crippen LogP contribution in [0.1, 0.15) is 104 Å². The first-order valence-corrected chi connectivity index (χ1v) is 9.10. The molecule has 1 unspecified atom stereocenters. The molecule has 1 N–H and O–H groups in total. The van der Waals surface area contributed by atoms with E-state index in [-0.39, 0.29) is 0 Å². The lowest BCUT2D eigenvalue weighted by molar-refractivity contribution is -0.0990. The highest BCUT2D eigenvalue weighted by Crippen LogP contribution is 2.13. The molecule has 0 spiro atoms. The summed E-state index contributed by atoms with van der Waals surface area (Å²) < 4.78 is 0. The first-order valence-electron chi connectivity index (χ1n) is 9.10. The molecule has 1 atom stereocenters. The largest absolute Gasteiger partial charge is 0.314 e. The Balaban J connectivity index is 3.03. The lowest BCUT2D eigenvalue weighted by Crippen LogP contribution is -2.24. The summed E-state index contributed by atoms with van der Waals surface area (Å²) in [5.74, 6) is 0. The molecule has 2 heteroatoms. The minimum Gasteiger partial charge on any atom is -0.314 e. The quantitative estimate of drug-likeness (QED) is 0.287. The zero-order valence-electron chi connectivity index (χ0n) is 14.4. The maximum Gasteiger partial charge on any atom is 0.0318 e. The monoisotopic (exact) mass is 285 g/mol. The Kier molecular flexibility index (Phi) is 15.3. The van der Waals surface area contributed by atoms with E-state index in [0.29, 0.717) is 6.04 Å². The molecule has 0 aromatic rings. The molecule has 0 saturated carbocycles. The zero-order chi connectivity index (χ0) is 15.1. The molecular formula is C18H39NO. The van der Waals surface area contributed by atoms with Crippen LogP contribution in [0.15, 0.2) is 0 Å². The van der Waals surface area contributed by atoms with Crippen molar-refractivity contribution in [1.29, 1.82) is 0 Å². The van der Waals surface area contributed by atoms with Crippen LogP contribution in [-0.2, 0) is 0 Å². The molecule has 0 amide bonds. The Bertz CT molecular complexity index is 182. The van der Waals surface area contributed by atoms with Crippen LogP contribution in [-0.4, -0.2) is 23.4 Å². The molecule has 0 aliphatic heterocycles. The zero-order valence-corrected chi connectivity index (χ0v) is 14.4. The van der Waals surface area contributed by atoms with Gasteiger partial charge in [-0.2, -0.15) is 5.06 Å². The van der Waals surface area contributed by atoms with E-state index in [2.05, 4.69) is 13.8 Å². The molecule has 0 bridgehead atoms. The van der Waals surface area contributed by atoms with Gasteiger partial charge in [0.1, 0.15) is 0 Å². The van der Waals surface area contributed by atoms with Gasteiger partial charge in [0.25, 0.3) is 0 Å². The van der Waals surface area contributed by atoms with Crippen molar-refractivity contribution in [2.75, 3.05) is 7.05 Å². The van der Waals surface area contributed by atoms with Crippen LogP contribution in [0.3, 0.4) is 0 Å². The van der Waals surface area contributed by atoms with Gasteiger partial charge in [0.2, 0.25) is 0 Å². The van der Waals surface area contributed by atoms with Crippen LogP contribution in [0.25, 0.3) is 0 Å². The molecule has 122 valence electrons. The average molecular weight is 286 g/mol. The minimum atomic E-state index is 0.308. The van der Waals surface area contributed by atoms with Gasteiger partial charge < -0.3 is 5.21 Å². The van der Waals surface area contributed by atoms with E-state index in [4.69, 9.17) is 0 Å². The average Bonchev–Trinajstić information content (AvgIpc) is 2.43. The Morgan fingerprint density at radius 1 is 0.700 bits per heavy atom. The molecule has 20 heavy (non-hydrogen) atoms. The molecule has 0 aliphatic rings. The van der Waals surface area contributed by atoms with E-state index in [0.717, 1.165) is 6.42 Å². The number of hydrogen-bond acceptors (Lipinski definition) is 2. The third kappa shape index (κ3) is 14.3. The molecule has 0 aromatic carbocycles. The van der Waals surface area contributed by atoms with Gasteiger partial charge >= 0.3 is 0 Å². The van der Waals surface area contributed by atoms with Crippen molar-refractivity contribution < 1.29 is 5.21 Å². The second kappa shape index (κ2) is 15.3. The van der Waals surface area contributed by atoms with Gasteiger partial charge in [-0.1, -0.05) is 90.4 Å². The van der Waals surface area contributed by atoms with Gasteiger partial charge in [-0.25, -0.2) is 0 Å². The fourth-order valence-corrected chi connectivity index (χ4v) is 2.64. The van der Waals surface area contributed by atoms with Crippen LogP contribution in [0.2, 0.25) is 0 Å². The third-order valence-electron chi connectivity index (χ3n) is 4.36. The molecular weight excluding hydrogens is 246 g/mol. The first-order chi connectivity index (χ1) is 9.68. The van der Waals surface area contributed by atoms with Crippen molar-refractivity contribution >= 4 is 0 Å². The van der Waals surface area contributed by atoms with Gasteiger partial charge in [0, 0.05) is 13.1 Å². The maximum absolute atomic E-state index is 9.25. The molecule has 0 saturated heterocycles. The van der Waals surface area contributed by atoms with Crippen LogP contribution in [0, 0.1) is 0 Å². The SMILES string of the molecule is CCCCCCCCCCCCCCCC(C)N(C)O. The van der Waals surface area contributed by atoms with Crippen LogP contribution in [0.5, 0.6) is 0 Å². The van der Waals surface area contributed by atoms with Gasteiger partial charge in [-0.05, 0) is 13.3 Å². The van der Waals surface area contributed by atoms with E-state index < -0.39 is 0 Å². The summed E-state index contributed by atoms with van der Waals surface area (Å²) in [6, 6.07) is 0.308. The number of unbranched alkanes of at least 4 members (excludes halogenated alkanes) is 12. The summed E-state index contributed by atoms with van der Waals surface area (Å²) in [6.45, 7) is 4.36. The lowest BCUT2D eigenvalue weighted by Gasteiger charge is -2.17. The highest BCUT2D eigenvalue weighted by atomic mass is 16.5. The highest BCUT2D eigenvalue weighted by Gasteiger charge is 2.04. The Labute approximate surface area is 127 Å². The first kappa shape index (κ1) is 19.9. The van der Waals surface area contributed by atoms with Crippen molar-refractivity contribution in [3.05, 3.63) is 0 Å². The maximum atomic E-state index is 9.25. The minimum absolute atomic E-state index is 0.308. The van der Waals surface area contributed by atoms with Crippen molar-refractivity contribution in [3.8, 4) is 0 Å². The number of rotatable bonds is 15. The van der Waals surface area contributed by atoms with E-state index in [1.54, 1.807) is 7.05 Å². The lowest BCUT2D eigenvalue weighted by atomic mass is 10.0. The van der Waals surface area contributed by atoms with Crippen molar-refractivity contribution in [3.63, 3.8) is 0 Å².